The minimum absolute atomic E-state index is 0.207. The van der Waals surface area contributed by atoms with E-state index in [4.69, 9.17) is 0 Å². The molecule has 0 saturated carbocycles. The molecule has 0 atom stereocenters. The monoisotopic (exact) mass is 416 g/mol. The van der Waals surface area contributed by atoms with E-state index >= 15 is 0 Å². The standard InChI is InChI=1S/C19H21FN6O2S/c1-15-5-6-26(23-15)19-12-18(21-14-22-19)24-7-9-25(10-8-24)29(27,28)13-16-3-2-4-17(20)11-16/h2-6,11-12,14H,7-10,13H2,1H3. The molecule has 0 unspecified atom stereocenters. The Kier molecular flexibility index (Phi) is 5.29. The second-order valence-electron chi connectivity index (χ2n) is 6.91. The molecule has 3 heterocycles. The Labute approximate surface area is 168 Å². The predicted octanol–water partition coefficient (Wildman–Crippen LogP) is 1.76. The highest BCUT2D eigenvalue weighted by atomic mass is 32.2. The van der Waals surface area contributed by atoms with E-state index in [9.17, 15) is 12.8 Å². The van der Waals surface area contributed by atoms with E-state index in [0.717, 1.165) is 11.5 Å². The van der Waals surface area contributed by atoms with Gasteiger partial charge in [0.2, 0.25) is 10.0 Å². The van der Waals surface area contributed by atoms with Gasteiger partial charge in [-0.15, -0.1) is 0 Å². The highest BCUT2D eigenvalue weighted by molar-refractivity contribution is 7.88. The highest BCUT2D eigenvalue weighted by Gasteiger charge is 2.28. The lowest BCUT2D eigenvalue weighted by Gasteiger charge is -2.34. The third kappa shape index (κ3) is 4.43. The Morgan fingerprint density at radius 1 is 1.03 bits per heavy atom. The largest absolute Gasteiger partial charge is 0.354 e. The smallest absolute Gasteiger partial charge is 0.218 e. The van der Waals surface area contributed by atoms with Gasteiger partial charge in [0.1, 0.15) is 18.0 Å². The molecule has 0 N–H and O–H groups in total. The van der Waals surface area contributed by atoms with Crippen molar-refractivity contribution < 1.29 is 12.8 Å². The van der Waals surface area contributed by atoms with Crippen LogP contribution in [0.25, 0.3) is 5.82 Å². The Hall–Kier alpha value is -2.85. The van der Waals surface area contributed by atoms with Gasteiger partial charge in [0.05, 0.1) is 11.4 Å². The van der Waals surface area contributed by atoms with Gasteiger partial charge in [-0.3, -0.25) is 0 Å². The van der Waals surface area contributed by atoms with Crippen molar-refractivity contribution in [2.75, 3.05) is 31.1 Å². The highest BCUT2D eigenvalue weighted by Crippen LogP contribution is 2.19. The molecule has 29 heavy (non-hydrogen) atoms. The molecule has 0 bridgehead atoms. The van der Waals surface area contributed by atoms with Gasteiger partial charge < -0.3 is 4.90 Å². The molecule has 0 spiro atoms. The lowest BCUT2D eigenvalue weighted by Crippen LogP contribution is -2.49. The predicted molar refractivity (Wildman–Crippen MR) is 107 cm³/mol. The minimum atomic E-state index is -3.51. The number of anilines is 1. The van der Waals surface area contributed by atoms with Crippen LogP contribution in [0, 0.1) is 12.7 Å². The number of sulfonamides is 1. The van der Waals surface area contributed by atoms with Crippen LogP contribution >= 0.6 is 0 Å². The molecule has 4 rings (SSSR count). The number of nitrogens with zero attached hydrogens (tertiary/aromatic N) is 6. The quantitative estimate of drug-likeness (QED) is 0.630. The number of hydrogen-bond acceptors (Lipinski definition) is 6. The maximum absolute atomic E-state index is 13.3. The molecule has 2 aromatic heterocycles. The molecule has 0 amide bonds. The van der Waals surface area contributed by atoms with Crippen LogP contribution < -0.4 is 4.90 Å². The SMILES string of the molecule is Cc1ccn(-c2cc(N3CCN(S(=O)(=O)Cc4cccc(F)c4)CC3)ncn2)n1. The molecule has 1 saturated heterocycles. The third-order valence-corrected chi connectivity index (χ3v) is 6.64. The summed E-state index contributed by atoms with van der Waals surface area (Å²) in [5.74, 6) is 0.741. The molecule has 1 aliphatic rings. The fourth-order valence-corrected chi connectivity index (χ4v) is 4.81. The Bertz CT molecular complexity index is 1110. The normalized spacial score (nSPS) is 15.6. The Balaban J connectivity index is 1.43. The van der Waals surface area contributed by atoms with E-state index in [1.165, 1.54) is 28.8 Å². The van der Waals surface area contributed by atoms with Crippen LogP contribution in [-0.4, -0.2) is 58.7 Å². The van der Waals surface area contributed by atoms with Crippen molar-refractivity contribution in [1.29, 1.82) is 0 Å². The zero-order chi connectivity index (χ0) is 20.4. The zero-order valence-corrected chi connectivity index (χ0v) is 16.8. The first-order valence-electron chi connectivity index (χ1n) is 9.23. The van der Waals surface area contributed by atoms with E-state index in [0.29, 0.717) is 37.6 Å². The van der Waals surface area contributed by atoms with Crippen molar-refractivity contribution in [2.24, 2.45) is 0 Å². The van der Waals surface area contributed by atoms with Crippen molar-refractivity contribution in [2.45, 2.75) is 12.7 Å². The van der Waals surface area contributed by atoms with E-state index in [1.807, 2.05) is 30.2 Å². The van der Waals surface area contributed by atoms with E-state index in [1.54, 1.807) is 10.7 Å². The van der Waals surface area contributed by atoms with Gasteiger partial charge in [-0.05, 0) is 30.7 Å². The lowest BCUT2D eigenvalue weighted by molar-refractivity contribution is 0.383. The van der Waals surface area contributed by atoms with Gasteiger partial charge in [-0.1, -0.05) is 12.1 Å². The number of halogens is 1. The molecule has 8 nitrogen and oxygen atoms in total. The van der Waals surface area contributed by atoms with Gasteiger partial charge in [-0.25, -0.2) is 27.5 Å². The second kappa shape index (κ2) is 7.88. The van der Waals surface area contributed by atoms with Crippen molar-refractivity contribution in [3.63, 3.8) is 0 Å². The topological polar surface area (TPSA) is 84.2 Å². The summed E-state index contributed by atoms with van der Waals surface area (Å²) in [5, 5.41) is 4.35. The molecular weight excluding hydrogens is 395 g/mol. The summed E-state index contributed by atoms with van der Waals surface area (Å²) >= 11 is 0. The van der Waals surface area contributed by atoms with Crippen LogP contribution in [0.2, 0.25) is 0 Å². The summed E-state index contributed by atoms with van der Waals surface area (Å²) in [6, 6.07) is 9.43. The number of piperazine rings is 1. The maximum atomic E-state index is 13.3. The summed E-state index contributed by atoms with van der Waals surface area (Å²) < 4.78 is 41.9. The average Bonchev–Trinajstić information content (AvgIpc) is 3.14. The van der Waals surface area contributed by atoms with Crippen LogP contribution in [0.4, 0.5) is 10.2 Å². The van der Waals surface area contributed by atoms with Crippen LogP contribution in [0.3, 0.4) is 0 Å². The number of benzene rings is 1. The Morgan fingerprint density at radius 3 is 2.48 bits per heavy atom. The summed E-state index contributed by atoms with van der Waals surface area (Å²) in [5.41, 5.74) is 1.34. The molecule has 10 heteroatoms. The van der Waals surface area contributed by atoms with Gasteiger partial charge in [0.15, 0.2) is 5.82 Å². The van der Waals surface area contributed by atoms with Gasteiger partial charge in [0.25, 0.3) is 0 Å². The first-order chi connectivity index (χ1) is 13.9. The first-order valence-corrected chi connectivity index (χ1v) is 10.8. The molecule has 0 aliphatic carbocycles. The number of rotatable bonds is 5. The zero-order valence-electron chi connectivity index (χ0n) is 15.9. The first kappa shape index (κ1) is 19.5. The lowest BCUT2D eigenvalue weighted by atomic mass is 10.2. The fraction of sp³-hybridized carbons (Fsp3) is 0.316. The van der Waals surface area contributed by atoms with Crippen LogP contribution in [-0.2, 0) is 15.8 Å². The molecule has 0 radical (unpaired) electrons. The summed E-state index contributed by atoms with van der Waals surface area (Å²) in [6.07, 6.45) is 3.31. The number of aryl methyl sites for hydroxylation is 1. The van der Waals surface area contributed by atoms with Crippen LogP contribution in [0.15, 0.2) is 48.9 Å². The molecule has 1 aliphatic heterocycles. The van der Waals surface area contributed by atoms with Crippen molar-refractivity contribution in [1.82, 2.24) is 24.1 Å². The molecule has 1 fully saturated rings. The molecule has 1 aromatic carbocycles. The third-order valence-electron chi connectivity index (χ3n) is 4.79. The Morgan fingerprint density at radius 2 is 1.79 bits per heavy atom. The van der Waals surface area contributed by atoms with Gasteiger partial charge >= 0.3 is 0 Å². The van der Waals surface area contributed by atoms with Gasteiger partial charge in [-0.2, -0.15) is 9.40 Å². The van der Waals surface area contributed by atoms with Crippen LogP contribution in [0.5, 0.6) is 0 Å². The summed E-state index contributed by atoms with van der Waals surface area (Å²) in [6.45, 7) is 3.62. The van der Waals surface area contributed by atoms with Crippen LogP contribution in [0.1, 0.15) is 11.3 Å². The van der Waals surface area contributed by atoms with E-state index < -0.39 is 15.8 Å². The van der Waals surface area contributed by atoms with Crippen molar-refractivity contribution in [3.05, 3.63) is 66.0 Å². The second-order valence-corrected chi connectivity index (χ2v) is 8.88. The van der Waals surface area contributed by atoms with Gasteiger partial charge in [0, 0.05) is 38.4 Å². The summed E-state index contributed by atoms with van der Waals surface area (Å²) in [7, 11) is -3.51. The minimum Gasteiger partial charge on any atom is -0.354 e. The van der Waals surface area contributed by atoms with E-state index in [2.05, 4.69) is 15.1 Å². The molecular formula is C19H21FN6O2S. The molecule has 3 aromatic rings. The fourth-order valence-electron chi connectivity index (χ4n) is 3.30. The summed E-state index contributed by atoms with van der Waals surface area (Å²) in [4.78, 5) is 10.6. The van der Waals surface area contributed by atoms with E-state index in [-0.39, 0.29) is 5.75 Å². The molecule has 152 valence electrons. The number of hydrogen-bond donors (Lipinski definition) is 0. The average molecular weight is 416 g/mol. The van der Waals surface area contributed by atoms with Crippen molar-refractivity contribution >= 4 is 15.8 Å². The number of aromatic nitrogens is 4. The maximum Gasteiger partial charge on any atom is 0.218 e. The van der Waals surface area contributed by atoms with Crippen molar-refractivity contribution in [3.8, 4) is 5.82 Å².